The number of guanidine groups is 1. The summed E-state index contributed by atoms with van der Waals surface area (Å²) in [6, 6.07) is 10.1. The van der Waals surface area contributed by atoms with Gasteiger partial charge in [-0.3, -0.25) is 9.48 Å². The highest BCUT2D eigenvalue weighted by Crippen LogP contribution is 2.16. The number of aryl methyl sites for hydroxylation is 1. The van der Waals surface area contributed by atoms with Crippen molar-refractivity contribution in [3.8, 4) is 5.69 Å². The van der Waals surface area contributed by atoms with Gasteiger partial charge in [-0.15, -0.1) is 0 Å². The minimum Gasteiger partial charge on any atom is -0.356 e. The fourth-order valence-corrected chi connectivity index (χ4v) is 3.44. The van der Waals surface area contributed by atoms with Gasteiger partial charge in [-0.25, -0.2) is 9.67 Å². The molecule has 1 amide bonds. The average Bonchev–Trinajstić information content (AvgIpc) is 3.43. The topological polar surface area (TPSA) is 83.6 Å². The molecular formula is C21H26N8O. The van der Waals surface area contributed by atoms with E-state index in [1.165, 1.54) is 0 Å². The van der Waals surface area contributed by atoms with Crippen molar-refractivity contribution in [2.75, 3.05) is 31.1 Å². The number of aromatic nitrogens is 4. The zero-order valence-electron chi connectivity index (χ0n) is 17.3. The van der Waals surface area contributed by atoms with Crippen LogP contribution in [-0.4, -0.2) is 62.5 Å². The van der Waals surface area contributed by atoms with Gasteiger partial charge in [0.15, 0.2) is 5.96 Å². The van der Waals surface area contributed by atoms with Crippen LogP contribution in [-0.2, 0) is 18.4 Å². The van der Waals surface area contributed by atoms with Crippen molar-refractivity contribution in [1.82, 2.24) is 29.8 Å². The van der Waals surface area contributed by atoms with Crippen LogP contribution in [0.5, 0.6) is 0 Å². The van der Waals surface area contributed by atoms with Crippen LogP contribution in [0.15, 0.2) is 60.1 Å². The summed E-state index contributed by atoms with van der Waals surface area (Å²) in [5, 5.41) is 11.7. The Kier molecular flexibility index (Phi) is 5.78. The molecule has 0 radical (unpaired) electrons. The Hall–Kier alpha value is -3.62. The summed E-state index contributed by atoms with van der Waals surface area (Å²) in [6.07, 6.45) is 7.26. The molecule has 1 aliphatic rings. The number of benzene rings is 1. The Bertz CT molecular complexity index is 1010. The Morgan fingerprint density at radius 3 is 2.63 bits per heavy atom. The van der Waals surface area contributed by atoms with Crippen molar-refractivity contribution in [1.29, 1.82) is 0 Å². The van der Waals surface area contributed by atoms with Crippen molar-refractivity contribution in [2.24, 2.45) is 12.0 Å². The number of nitrogens with zero attached hydrogens (tertiary/aromatic N) is 7. The van der Waals surface area contributed by atoms with E-state index in [2.05, 4.69) is 27.6 Å². The van der Waals surface area contributed by atoms with Gasteiger partial charge in [0.25, 0.3) is 0 Å². The second-order valence-electron chi connectivity index (χ2n) is 7.13. The summed E-state index contributed by atoms with van der Waals surface area (Å²) in [4.78, 5) is 21.3. The lowest BCUT2D eigenvalue weighted by Crippen LogP contribution is -2.55. The lowest BCUT2D eigenvalue weighted by Gasteiger charge is -2.35. The molecule has 3 aromatic rings. The normalized spacial score (nSPS) is 15.0. The van der Waals surface area contributed by atoms with E-state index in [9.17, 15) is 4.79 Å². The van der Waals surface area contributed by atoms with Gasteiger partial charge in [0.1, 0.15) is 6.54 Å². The number of piperazine rings is 1. The quantitative estimate of drug-likeness (QED) is 0.512. The molecule has 156 valence electrons. The molecule has 30 heavy (non-hydrogen) atoms. The number of carbonyl (C=O) groups excluding carboxylic acids is 1. The molecule has 1 saturated heterocycles. The van der Waals surface area contributed by atoms with Gasteiger partial charge in [-0.05, 0) is 30.7 Å². The van der Waals surface area contributed by atoms with Crippen LogP contribution < -0.4 is 10.2 Å². The maximum absolute atomic E-state index is 12.7. The van der Waals surface area contributed by atoms with E-state index in [-0.39, 0.29) is 5.91 Å². The Balaban J connectivity index is 1.42. The summed E-state index contributed by atoms with van der Waals surface area (Å²) in [5.74, 6) is 0.802. The van der Waals surface area contributed by atoms with Crippen LogP contribution in [0, 0.1) is 0 Å². The molecule has 1 N–H and O–H groups in total. The second kappa shape index (κ2) is 8.81. The molecule has 0 unspecified atom stereocenters. The minimum absolute atomic E-state index is 0.0448. The van der Waals surface area contributed by atoms with E-state index < -0.39 is 0 Å². The summed E-state index contributed by atoms with van der Waals surface area (Å²) in [6.45, 7) is 4.92. The Labute approximate surface area is 175 Å². The van der Waals surface area contributed by atoms with Gasteiger partial charge >= 0.3 is 0 Å². The first kappa shape index (κ1) is 19.7. The van der Waals surface area contributed by atoms with Crippen LogP contribution >= 0.6 is 0 Å². The van der Waals surface area contributed by atoms with Gasteiger partial charge in [0.05, 0.1) is 24.1 Å². The minimum atomic E-state index is 0.0448. The molecule has 9 nitrogen and oxygen atoms in total. The van der Waals surface area contributed by atoms with Crippen molar-refractivity contribution >= 4 is 17.6 Å². The van der Waals surface area contributed by atoms with E-state index in [0.29, 0.717) is 26.2 Å². The molecule has 0 spiro atoms. The van der Waals surface area contributed by atoms with Crippen molar-refractivity contribution in [3.05, 3.63) is 60.7 Å². The third-order valence-electron chi connectivity index (χ3n) is 4.97. The number of hydrogen-bond donors (Lipinski definition) is 1. The summed E-state index contributed by atoms with van der Waals surface area (Å²) < 4.78 is 3.53. The highest BCUT2D eigenvalue weighted by Gasteiger charge is 2.27. The summed E-state index contributed by atoms with van der Waals surface area (Å²) in [5.41, 5.74) is 2.94. The molecule has 4 rings (SSSR count). The molecule has 9 heteroatoms. The molecule has 0 bridgehead atoms. The van der Waals surface area contributed by atoms with Crippen molar-refractivity contribution < 1.29 is 4.79 Å². The van der Waals surface area contributed by atoms with E-state index in [1.54, 1.807) is 22.0 Å². The first-order chi connectivity index (χ1) is 14.6. The maximum atomic E-state index is 12.7. The molecule has 2 aromatic heterocycles. The van der Waals surface area contributed by atoms with E-state index >= 15 is 0 Å². The first-order valence-corrected chi connectivity index (χ1v) is 10.1. The molecule has 0 aliphatic carbocycles. The van der Waals surface area contributed by atoms with Crippen LogP contribution in [0.3, 0.4) is 0 Å². The first-order valence-electron chi connectivity index (χ1n) is 10.1. The SMILES string of the molecule is CCNC(=NCc1ccc(-n2cccn2)cc1)N1CCN(c2cnn(C)c2)C(=O)C1. The van der Waals surface area contributed by atoms with Crippen molar-refractivity contribution in [2.45, 2.75) is 13.5 Å². The molecular weight excluding hydrogens is 380 g/mol. The fourth-order valence-electron chi connectivity index (χ4n) is 3.44. The monoisotopic (exact) mass is 406 g/mol. The van der Waals surface area contributed by atoms with Gasteiger partial charge in [-0.1, -0.05) is 12.1 Å². The number of hydrogen-bond acceptors (Lipinski definition) is 4. The number of nitrogens with one attached hydrogen (secondary N) is 1. The van der Waals surface area contributed by atoms with Crippen molar-refractivity contribution in [3.63, 3.8) is 0 Å². The molecule has 1 fully saturated rings. The average molecular weight is 406 g/mol. The van der Waals surface area contributed by atoms with Crippen LogP contribution in [0.2, 0.25) is 0 Å². The predicted molar refractivity (Wildman–Crippen MR) is 116 cm³/mol. The number of aliphatic imine (C=N–C) groups is 1. The largest absolute Gasteiger partial charge is 0.356 e. The van der Waals surface area contributed by atoms with E-state index in [1.807, 2.05) is 54.1 Å². The highest BCUT2D eigenvalue weighted by molar-refractivity contribution is 5.98. The van der Waals surface area contributed by atoms with Crippen LogP contribution in [0.1, 0.15) is 12.5 Å². The molecule has 3 heterocycles. The number of amides is 1. The Morgan fingerprint density at radius 2 is 2.00 bits per heavy atom. The third kappa shape index (κ3) is 4.35. The third-order valence-corrected chi connectivity index (χ3v) is 4.97. The van der Waals surface area contributed by atoms with Crippen LogP contribution in [0.4, 0.5) is 5.69 Å². The zero-order valence-corrected chi connectivity index (χ0v) is 17.3. The predicted octanol–water partition coefficient (Wildman–Crippen LogP) is 1.42. The lowest BCUT2D eigenvalue weighted by atomic mass is 10.2. The number of carbonyl (C=O) groups is 1. The number of anilines is 1. The van der Waals surface area contributed by atoms with Gasteiger partial charge in [-0.2, -0.15) is 10.2 Å². The summed E-state index contributed by atoms with van der Waals surface area (Å²) in [7, 11) is 1.85. The molecule has 0 saturated carbocycles. The van der Waals surface area contributed by atoms with Gasteiger partial charge in [0, 0.05) is 45.3 Å². The maximum Gasteiger partial charge on any atom is 0.246 e. The number of rotatable bonds is 5. The Morgan fingerprint density at radius 1 is 1.17 bits per heavy atom. The fraction of sp³-hybridized carbons (Fsp3) is 0.333. The van der Waals surface area contributed by atoms with Gasteiger partial charge < -0.3 is 15.1 Å². The van der Waals surface area contributed by atoms with E-state index in [0.717, 1.165) is 29.4 Å². The van der Waals surface area contributed by atoms with Gasteiger partial charge in [0.2, 0.25) is 5.91 Å². The molecule has 0 atom stereocenters. The highest BCUT2D eigenvalue weighted by atomic mass is 16.2. The van der Waals surface area contributed by atoms with Crippen LogP contribution in [0.25, 0.3) is 5.69 Å². The second-order valence-corrected chi connectivity index (χ2v) is 7.13. The molecule has 1 aliphatic heterocycles. The van der Waals surface area contributed by atoms with E-state index in [4.69, 9.17) is 4.99 Å². The summed E-state index contributed by atoms with van der Waals surface area (Å²) >= 11 is 0. The molecule has 1 aromatic carbocycles. The standard InChI is InChI=1S/C21H26N8O/c1-3-22-21(23-13-17-5-7-18(8-6-17)29-10-4-9-24-29)27-11-12-28(20(30)16-27)19-14-25-26(2)15-19/h4-10,14-15H,3,11-13,16H2,1-2H3,(H,22,23). The smallest absolute Gasteiger partial charge is 0.246 e. The lowest BCUT2D eigenvalue weighted by molar-refractivity contribution is -0.120. The zero-order chi connectivity index (χ0) is 20.9.